The average molecular weight is 530 g/mol. The topological polar surface area (TPSA) is 30.7 Å². The largest absolute Gasteiger partial charge is 0.275 e. The van der Waals surface area contributed by atoms with Crippen LogP contribution in [0.1, 0.15) is 26.3 Å². The first-order valence-corrected chi connectivity index (χ1v) is 14.1. The lowest BCUT2D eigenvalue weighted by molar-refractivity contribution is 0.590. The monoisotopic (exact) mass is 529 g/mol. The van der Waals surface area contributed by atoms with E-state index in [1.54, 1.807) is 0 Å². The number of fused-ring (bicyclic) bond motifs is 2. The third-order valence-electron chi connectivity index (χ3n) is 7.93. The number of rotatable bonds is 4. The molecule has 0 aliphatic rings. The Morgan fingerprint density at radius 1 is 0.463 bits per heavy atom. The molecule has 0 unspecified atom stereocenters. The van der Waals surface area contributed by atoms with Crippen LogP contribution in [0, 0.1) is 0 Å². The molecule has 0 radical (unpaired) electrons. The van der Waals surface area contributed by atoms with Gasteiger partial charge in [0.25, 0.3) is 0 Å². The van der Waals surface area contributed by atoms with Gasteiger partial charge in [-0.2, -0.15) is 0 Å². The molecule has 6 aromatic carbocycles. The Labute approximate surface area is 240 Å². The Morgan fingerprint density at radius 3 is 1.76 bits per heavy atom. The van der Waals surface area contributed by atoms with E-state index in [1.807, 2.05) is 6.07 Å². The molecule has 3 heteroatoms. The fraction of sp³-hybridized carbons (Fsp3) is 0.105. The second-order valence-corrected chi connectivity index (χ2v) is 11.6. The predicted octanol–water partition coefficient (Wildman–Crippen LogP) is 9.87. The number of hydrogen-bond donors (Lipinski definition) is 0. The molecule has 7 aromatic rings. The minimum atomic E-state index is 0.0849. The summed E-state index contributed by atoms with van der Waals surface area (Å²) in [5.41, 5.74) is 6.95. The highest BCUT2D eigenvalue weighted by Crippen LogP contribution is 2.39. The maximum atomic E-state index is 4.83. The number of para-hydroxylation sites is 1. The summed E-state index contributed by atoms with van der Waals surface area (Å²) < 4.78 is 2.19. The molecule has 198 valence electrons. The molecule has 0 aliphatic heterocycles. The zero-order valence-corrected chi connectivity index (χ0v) is 23.5. The third kappa shape index (κ3) is 4.40. The van der Waals surface area contributed by atoms with Crippen molar-refractivity contribution in [2.24, 2.45) is 0 Å². The van der Waals surface area contributed by atoms with Crippen molar-refractivity contribution >= 4 is 21.5 Å². The normalized spacial score (nSPS) is 11.8. The first-order chi connectivity index (χ1) is 20.0. The Kier molecular flexibility index (Phi) is 6.01. The van der Waals surface area contributed by atoms with Crippen molar-refractivity contribution in [1.82, 2.24) is 14.8 Å². The zero-order valence-electron chi connectivity index (χ0n) is 23.5. The van der Waals surface area contributed by atoms with Gasteiger partial charge in [-0.05, 0) is 61.8 Å². The molecule has 3 nitrogen and oxygen atoms in total. The predicted molar refractivity (Wildman–Crippen MR) is 171 cm³/mol. The maximum Gasteiger partial charge on any atom is 0.169 e. The summed E-state index contributed by atoms with van der Waals surface area (Å²) in [5.74, 6) is 1.65. The molecule has 41 heavy (non-hydrogen) atoms. The quantitative estimate of drug-likeness (QED) is 0.227. The van der Waals surface area contributed by atoms with Crippen LogP contribution in [-0.2, 0) is 5.41 Å². The summed E-state index contributed by atoms with van der Waals surface area (Å²) in [7, 11) is 0. The van der Waals surface area contributed by atoms with Gasteiger partial charge in [0.2, 0.25) is 0 Å². The molecule has 0 fully saturated rings. The Morgan fingerprint density at radius 2 is 1.02 bits per heavy atom. The molecule has 0 amide bonds. The highest BCUT2D eigenvalue weighted by Gasteiger charge is 2.21. The van der Waals surface area contributed by atoms with Crippen LogP contribution >= 0.6 is 0 Å². The van der Waals surface area contributed by atoms with Crippen LogP contribution in [0.3, 0.4) is 0 Å². The highest BCUT2D eigenvalue weighted by molar-refractivity contribution is 6.09. The third-order valence-corrected chi connectivity index (χ3v) is 7.93. The smallest absolute Gasteiger partial charge is 0.169 e. The summed E-state index contributed by atoms with van der Waals surface area (Å²) >= 11 is 0. The van der Waals surface area contributed by atoms with Crippen LogP contribution in [0.5, 0.6) is 0 Å². The summed E-state index contributed by atoms with van der Waals surface area (Å²) in [6.45, 7) is 6.71. The van der Waals surface area contributed by atoms with Crippen LogP contribution in [0.25, 0.3) is 61.1 Å². The van der Waals surface area contributed by atoms with Gasteiger partial charge < -0.3 is 0 Å². The standard InChI is InChI=1S/C38H31N3/c1-38(2,3)28-22-20-27(21-23-28)36-39-40-37(41(36)29-14-5-4-6-15-29)35-25-24-34(32-17-9-10-18-33(32)35)31-19-11-13-26-12-7-8-16-30(26)31/h4-25H,1-3H3. The van der Waals surface area contributed by atoms with Crippen LogP contribution in [0.2, 0.25) is 0 Å². The van der Waals surface area contributed by atoms with Crippen LogP contribution in [-0.4, -0.2) is 14.8 Å². The fourth-order valence-corrected chi connectivity index (χ4v) is 5.78. The van der Waals surface area contributed by atoms with Crippen molar-refractivity contribution in [1.29, 1.82) is 0 Å². The van der Waals surface area contributed by atoms with Crippen molar-refractivity contribution in [3.05, 3.63) is 139 Å². The van der Waals surface area contributed by atoms with Crippen molar-refractivity contribution in [2.45, 2.75) is 26.2 Å². The summed E-state index contributed by atoms with van der Waals surface area (Å²) in [6.07, 6.45) is 0. The van der Waals surface area contributed by atoms with Gasteiger partial charge in [-0.1, -0.05) is 136 Å². The van der Waals surface area contributed by atoms with E-state index >= 15 is 0 Å². The lowest BCUT2D eigenvalue weighted by Crippen LogP contribution is -2.10. The molecule has 1 heterocycles. The van der Waals surface area contributed by atoms with E-state index in [2.05, 4.69) is 153 Å². The van der Waals surface area contributed by atoms with E-state index in [-0.39, 0.29) is 5.41 Å². The van der Waals surface area contributed by atoms with Gasteiger partial charge in [0.15, 0.2) is 11.6 Å². The number of aromatic nitrogens is 3. The highest BCUT2D eigenvalue weighted by atomic mass is 15.3. The molecule has 0 saturated carbocycles. The lowest BCUT2D eigenvalue weighted by Gasteiger charge is -2.19. The molecule has 0 atom stereocenters. The molecule has 7 rings (SSSR count). The average Bonchev–Trinajstić information content (AvgIpc) is 3.45. The van der Waals surface area contributed by atoms with E-state index in [9.17, 15) is 0 Å². The number of nitrogens with zero attached hydrogens (tertiary/aromatic N) is 3. The molecule has 0 spiro atoms. The lowest BCUT2D eigenvalue weighted by atomic mass is 9.86. The maximum absolute atomic E-state index is 4.83. The zero-order chi connectivity index (χ0) is 28.0. The van der Waals surface area contributed by atoms with Gasteiger partial charge in [-0.3, -0.25) is 4.57 Å². The summed E-state index contributed by atoms with van der Waals surface area (Å²) in [6, 6.07) is 47.3. The molecule has 1 aromatic heterocycles. The molecule has 0 aliphatic carbocycles. The Balaban J connectivity index is 1.45. The molecule has 0 N–H and O–H groups in total. The first kappa shape index (κ1) is 25.0. The van der Waals surface area contributed by atoms with Gasteiger partial charge in [-0.25, -0.2) is 0 Å². The van der Waals surface area contributed by atoms with Crippen molar-refractivity contribution in [3.8, 4) is 39.6 Å². The van der Waals surface area contributed by atoms with Gasteiger partial charge in [0, 0.05) is 16.8 Å². The van der Waals surface area contributed by atoms with Crippen molar-refractivity contribution in [2.75, 3.05) is 0 Å². The van der Waals surface area contributed by atoms with Gasteiger partial charge in [-0.15, -0.1) is 10.2 Å². The van der Waals surface area contributed by atoms with E-state index in [1.165, 1.54) is 32.8 Å². The van der Waals surface area contributed by atoms with E-state index in [4.69, 9.17) is 10.2 Å². The van der Waals surface area contributed by atoms with Gasteiger partial charge in [0.05, 0.1) is 0 Å². The second kappa shape index (κ2) is 9.87. The SMILES string of the molecule is CC(C)(C)c1ccc(-c2nnc(-c3ccc(-c4cccc5ccccc45)c4ccccc34)n2-c2ccccc2)cc1. The summed E-state index contributed by atoms with van der Waals surface area (Å²) in [4.78, 5) is 0. The van der Waals surface area contributed by atoms with E-state index in [0.717, 1.165) is 33.8 Å². The molecular weight excluding hydrogens is 498 g/mol. The number of benzene rings is 6. The van der Waals surface area contributed by atoms with Crippen LogP contribution in [0.15, 0.2) is 133 Å². The van der Waals surface area contributed by atoms with Gasteiger partial charge in [0.1, 0.15) is 0 Å². The van der Waals surface area contributed by atoms with Crippen molar-refractivity contribution in [3.63, 3.8) is 0 Å². The Bertz CT molecular complexity index is 2000. The van der Waals surface area contributed by atoms with Crippen molar-refractivity contribution < 1.29 is 0 Å². The Hall–Kier alpha value is -5.02. The summed E-state index contributed by atoms with van der Waals surface area (Å²) in [5, 5.41) is 14.4. The minimum absolute atomic E-state index is 0.0849. The minimum Gasteiger partial charge on any atom is -0.275 e. The van der Waals surface area contributed by atoms with E-state index in [0.29, 0.717) is 0 Å². The van der Waals surface area contributed by atoms with Gasteiger partial charge >= 0.3 is 0 Å². The first-order valence-electron chi connectivity index (χ1n) is 14.1. The number of hydrogen-bond acceptors (Lipinski definition) is 2. The van der Waals surface area contributed by atoms with Crippen LogP contribution < -0.4 is 0 Å². The molecule has 0 saturated heterocycles. The second-order valence-electron chi connectivity index (χ2n) is 11.6. The molecule has 0 bridgehead atoms. The van der Waals surface area contributed by atoms with E-state index < -0.39 is 0 Å². The van der Waals surface area contributed by atoms with Crippen LogP contribution in [0.4, 0.5) is 0 Å². The fourth-order valence-electron chi connectivity index (χ4n) is 5.78. The molecular formula is C38H31N3.